The fourth-order valence-electron chi connectivity index (χ4n) is 2.90. The Labute approximate surface area is 142 Å². The quantitative estimate of drug-likeness (QED) is 0.826. The molecule has 1 aromatic carbocycles. The Balaban J connectivity index is 1.97. The van der Waals surface area contributed by atoms with Gasteiger partial charge in [-0.2, -0.15) is 0 Å². The van der Waals surface area contributed by atoms with Gasteiger partial charge >= 0.3 is 0 Å². The minimum absolute atomic E-state index is 0.0102. The molecule has 0 N–H and O–H groups in total. The van der Waals surface area contributed by atoms with Gasteiger partial charge in [-0.05, 0) is 31.5 Å². The van der Waals surface area contributed by atoms with Crippen molar-refractivity contribution in [1.82, 2.24) is 4.90 Å². The van der Waals surface area contributed by atoms with Crippen LogP contribution in [-0.4, -0.2) is 43.3 Å². The standard InChI is InChI=1S/C15H15ClFNO3S2/c1-2-18(10-5-6-23(20,21)8-10)15(19)14-13(16)11-4-3-9(17)7-12(11)22-14/h3-4,7,10H,2,5-6,8H2,1H3. The van der Waals surface area contributed by atoms with E-state index in [0.717, 1.165) is 11.3 Å². The Morgan fingerprint density at radius 3 is 2.83 bits per heavy atom. The predicted molar refractivity (Wildman–Crippen MR) is 90.6 cm³/mol. The first-order valence-corrected chi connectivity index (χ1v) is 10.2. The molecule has 3 rings (SSSR count). The lowest BCUT2D eigenvalue weighted by Gasteiger charge is -2.26. The number of hydrogen-bond donors (Lipinski definition) is 0. The molecule has 2 aromatic rings. The highest BCUT2D eigenvalue weighted by molar-refractivity contribution is 7.91. The summed E-state index contributed by atoms with van der Waals surface area (Å²) < 4.78 is 37.3. The number of sulfone groups is 1. The fourth-order valence-corrected chi connectivity index (χ4v) is 6.12. The van der Waals surface area contributed by atoms with Crippen molar-refractivity contribution in [2.24, 2.45) is 0 Å². The monoisotopic (exact) mass is 375 g/mol. The molecule has 0 aliphatic carbocycles. The number of rotatable bonds is 3. The number of carbonyl (C=O) groups excluding carboxylic acids is 1. The maximum atomic E-state index is 13.3. The van der Waals surface area contributed by atoms with Crippen LogP contribution in [0.3, 0.4) is 0 Å². The van der Waals surface area contributed by atoms with Gasteiger partial charge in [0, 0.05) is 22.7 Å². The van der Waals surface area contributed by atoms with E-state index in [-0.39, 0.29) is 29.3 Å². The highest BCUT2D eigenvalue weighted by Gasteiger charge is 2.35. The molecule has 23 heavy (non-hydrogen) atoms. The Bertz CT molecular complexity index is 878. The van der Waals surface area contributed by atoms with Crippen LogP contribution < -0.4 is 0 Å². The van der Waals surface area contributed by atoms with Crippen molar-refractivity contribution in [2.45, 2.75) is 19.4 Å². The Morgan fingerprint density at radius 2 is 2.22 bits per heavy atom. The van der Waals surface area contributed by atoms with Crippen molar-refractivity contribution in [3.8, 4) is 0 Å². The second-order valence-electron chi connectivity index (χ2n) is 5.53. The number of benzene rings is 1. The molecule has 0 radical (unpaired) electrons. The summed E-state index contributed by atoms with van der Waals surface area (Å²) in [7, 11) is -3.08. The number of nitrogens with zero attached hydrogens (tertiary/aromatic N) is 1. The first kappa shape index (κ1) is 16.7. The van der Waals surface area contributed by atoms with Crippen LogP contribution in [0.5, 0.6) is 0 Å². The molecule has 1 aromatic heterocycles. The van der Waals surface area contributed by atoms with Gasteiger partial charge in [0.2, 0.25) is 0 Å². The van der Waals surface area contributed by atoms with E-state index >= 15 is 0 Å². The Hall–Kier alpha value is -1.18. The van der Waals surface area contributed by atoms with Crippen LogP contribution in [0.4, 0.5) is 4.39 Å². The molecule has 1 fully saturated rings. The summed E-state index contributed by atoms with van der Waals surface area (Å²) in [6.07, 6.45) is 0.444. The number of hydrogen-bond acceptors (Lipinski definition) is 4. The van der Waals surface area contributed by atoms with E-state index in [1.807, 2.05) is 6.92 Å². The average Bonchev–Trinajstić information content (AvgIpc) is 3.00. The van der Waals surface area contributed by atoms with Crippen molar-refractivity contribution >= 4 is 48.8 Å². The van der Waals surface area contributed by atoms with Crippen molar-refractivity contribution in [2.75, 3.05) is 18.1 Å². The van der Waals surface area contributed by atoms with Crippen LogP contribution in [0.2, 0.25) is 5.02 Å². The van der Waals surface area contributed by atoms with Crippen molar-refractivity contribution in [1.29, 1.82) is 0 Å². The van der Waals surface area contributed by atoms with Crippen LogP contribution in [0.25, 0.3) is 10.1 Å². The highest BCUT2D eigenvalue weighted by Crippen LogP contribution is 2.37. The van der Waals surface area contributed by atoms with Crippen LogP contribution >= 0.6 is 22.9 Å². The van der Waals surface area contributed by atoms with Crippen molar-refractivity contribution in [3.05, 3.63) is 33.9 Å². The Kier molecular flexibility index (Phi) is 4.37. The summed E-state index contributed by atoms with van der Waals surface area (Å²) >= 11 is 7.43. The SMILES string of the molecule is CCN(C(=O)c1sc2cc(F)ccc2c1Cl)C1CCS(=O)(=O)C1. The fraction of sp³-hybridized carbons (Fsp3) is 0.400. The predicted octanol–water partition coefficient (Wildman–Crippen LogP) is 3.34. The van der Waals surface area contributed by atoms with E-state index in [9.17, 15) is 17.6 Å². The summed E-state index contributed by atoms with van der Waals surface area (Å²) in [5.74, 6) is -0.582. The molecule has 1 amide bonds. The van der Waals surface area contributed by atoms with E-state index in [2.05, 4.69) is 0 Å². The molecule has 8 heteroatoms. The summed E-state index contributed by atoms with van der Waals surface area (Å²) in [6, 6.07) is 3.88. The van der Waals surface area contributed by atoms with Crippen LogP contribution in [0.1, 0.15) is 23.0 Å². The lowest BCUT2D eigenvalue weighted by Crippen LogP contribution is -2.40. The normalized spacial score (nSPS) is 20.0. The topological polar surface area (TPSA) is 54.5 Å². The molecule has 0 saturated carbocycles. The molecule has 1 saturated heterocycles. The number of fused-ring (bicyclic) bond motifs is 1. The molecule has 2 heterocycles. The summed E-state index contributed by atoms with van der Waals surface area (Å²) in [4.78, 5) is 14.7. The van der Waals surface area contributed by atoms with E-state index in [0.29, 0.717) is 33.0 Å². The average molecular weight is 376 g/mol. The van der Waals surface area contributed by atoms with Gasteiger partial charge in [0.15, 0.2) is 9.84 Å². The molecule has 0 spiro atoms. The first-order valence-electron chi connectivity index (χ1n) is 7.21. The summed E-state index contributed by atoms with van der Waals surface area (Å²) in [5.41, 5.74) is 0. The second kappa shape index (κ2) is 6.03. The van der Waals surface area contributed by atoms with Gasteiger partial charge in [-0.1, -0.05) is 11.6 Å². The van der Waals surface area contributed by atoms with E-state index < -0.39 is 9.84 Å². The van der Waals surface area contributed by atoms with Gasteiger partial charge in [0.1, 0.15) is 10.7 Å². The van der Waals surface area contributed by atoms with Gasteiger partial charge in [-0.15, -0.1) is 11.3 Å². The summed E-state index contributed by atoms with van der Waals surface area (Å²) in [6.45, 7) is 2.21. The minimum atomic E-state index is -3.08. The van der Waals surface area contributed by atoms with Gasteiger partial charge in [0.05, 0.1) is 16.5 Å². The largest absolute Gasteiger partial charge is 0.334 e. The maximum absolute atomic E-state index is 13.3. The number of thiophene rings is 1. The number of carbonyl (C=O) groups is 1. The highest BCUT2D eigenvalue weighted by atomic mass is 35.5. The van der Waals surface area contributed by atoms with Crippen LogP contribution in [0.15, 0.2) is 18.2 Å². The molecule has 4 nitrogen and oxygen atoms in total. The van der Waals surface area contributed by atoms with Gasteiger partial charge in [-0.3, -0.25) is 4.79 Å². The van der Waals surface area contributed by atoms with Crippen LogP contribution in [-0.2, 0) is 9.84 Å². The molecular formula is C15H15ClFNO3S2. The van der Waals surface area contributed by atoms with E-state index in [1.54, 1.807) is 11.0 Å². The molecule has 1 aliphatic heterocycles. The molecule has 1 atom stereocenters. The lowest BCUT2D eigenvalue weighted by atomic mass is 10.2. The smallest absolute Gasteiger partial charge is 0.265 e. The minimum Gasteiger partial charge on any atom is -0.334 e. The van der Waals surface area contributed by atoms with Gasteiger partial charge in [0.25, 0.3) is 5.91 Å². The van der Waals surface area contributed by atoms with Crippen molar-refractivity contribution < 1.29 is 17.6 Å². The third-order valence-corrected chi connectivity index (χ3v) is 7.43. The third-order valence-electron chi connectivity index (χ3n) is 4.04. The van der Waals surface area contributed by atoms with E-state index in [1.165, 1.54) is 12.1 Å². The zero-order valence-electron chi connectivity index (χ0n) is 12.4. The first-order chi connectivity index (χ1) is 10.8. The molecule has 1 unspecified atom stereocenters. The van der Waals surface area contributed by atoms with E-state index in [4.69, 9.17) is 11.6 Å². The Morgan fingerprint density at radius 1 is 1.48 bits per heavy atom. The maximum Gasteiger partial charge on any atom is 0.265 e. The lowest BCUT2D eigenvalue weighted by molar-refractivity contribution is 0.0713. The molecule has 124 valence electrons. The second-order valence-corrected chi connectivity index (χ2v) is 9.19. The molecule has 0 bridgehead atoms. The molecular weight excluding hydrogens is 361 g/mol. The number of halogens is 2. The van der Waals surface area contributed by atoms with Crippen molar-refractivity contribution in [3.63, 3.8) is 0 Å². The van der Waals surface area contributed by atoms with Gasteiger partial charge < -0.3 is 4.90 Å². The summed E-state index contributed by atoms with van der Waals surface area (Å²) in [5, 5.41) is 0.936. The zero-order chi connectivity index (χ0) is 16.8. The van der Waals surface area contributed by atoms with Gasteiger partial charge in [-0.25, -0.2) is 12.8 Å². The molecule has 1 aliphatic rings. The van der Waals surface area contributed by atoms with Crippen LogP contribution in [0, 0.1) is 5.82 Å². The number of amides is 1. The zero-order valence-corrected chi connectivity index (χ0v) is 14.8. The third kappa shape index (κ3) is 3.09.